The minimum Gasteiger partial charge on any atom is -0.398 e. The highest BCUT2D eigenvalue weighted by Crippen LogP contribution is 2.16. The molecule has 0 bridgehead atoms. The van der Waals surface area contributed by atoms with Gasteiger partial charge in [-0.3, -0.25) is 9.00 Å². The van der Waals surface area contributed by atoms with E-state index in [0.29, 0.717) is 11.3 Å². The zero-order valence-electron chi connectivity index (χ0n) is 10.5. The van der Waals surface area contributed by atoms with E-state index in [4.69, 9.17) is 11.5 Å². The average Bonchev–Trinajstić information content (AvgIpc) is 2.28. The summed E-state index contributed by atoms with van der Waals surface area (Å²) in [6, 6.07) is 4.50. The van der Waals surface area contributed by atoms with Crippen LogP contribution in [0.2, 0.25) is 0 Å². The minimum absolute atomic E-state index is 0.0653. The number of benzene rings is 1. The van der Waals surface area contributed by atoms with Crippen molar-refractivity contribution in [2.24, 2.45) is 5.73 Å². The molecular weight excluding hydrogens is 288 g/mol. The average molecular weight is 304 g/mol. The fourth-order valence-electron chi connectivity index (χ4n) is 1.37. The highest BCUT2D eigenvalue weighted by molar-refractivity contribution is 7.92. The van der Waals surface area contributed by atoms with Crippen molar-refractivity contribution >= 4 is 32.2 Å². The molecule has 0 spiro atoms. The normalized spacial score (nSPS) is 13.1. The number of sulfone groups is 1. The van der Waals surface area contributed by atoms with Crippen LogP contribution < -0.4 is 11.5 Å². The smallest absolute Gasteiger partial charge is 0.248 e. The third kappa shape index (κ3) is 5.39. The zero-order chi connectivity index (χ0) is 14.6. The first-order valence-corrected chi connectivity index (χ1v) is 8.95. The predicted molar refractivity (Wildman–Crippen MR) is 75.8 cm³/mol. The van der Waals surface area contributed by atoms with Gasteiger partial charge in [-0.25, -0.2) is 8.42 Å². The van der Waals surface area contributed by atoms with Gasteiger partial charge in [0.2, 0.25) is 5.91 Å². The molecule has 6 nitrogen and oxygen atoms in total. The van der Waals surface area contributed by atoms with Gasteiger partial charge in [0.15, 0.2) is 0 Å². The van der Waals surface area contributed by atoms with Crippen molar-refractivity contribution in [3.8, 4) is 0 Å². The molecule has 0 saturated carbocycles. The predicted octanol–water partition coefficient (Wildman–Crippen LogP) is -0.339. The Kier molecular flexibility index (Phi) is 5.07. The second-order valence-corrected chi connectivity index (χ2v) is 8.03. The summed E-state index contributed by atoms with van der Waals surface area (Å²) in [5.74, 6) is -0.494. The number of primary amides is 1. The van der Waals surface area contributed by atoms with Gasteiger partial charge >= 0.3 is 0 Å². The Morgan fingerprint density at radius 2 is 2.00 bits per heavy atom. The van der Waals surface area contributed by atoms with Gasteiger partial charge in [0.05, 0.1) is 11.5 Å². The van der Waals surface area contributed by atoms with Crippen LogP contribution in [0.25, 0.3) is 0 Å². The van der Waals surface area contributed by atoms with Gasteiger partial charge < -0.3 is 11.5 Å². The second-order valence-electron chi connectivity index (χ2n) is 4.20. The van der Waals surface area contributed by atoms with Gasteiger partial charge in [0.25, 0.3) is 0 Å². The zero-order valence-corrected chi connectivity index (χ0v) is 12.1. The lowest BCUT2D eigenvalue weighted by Crippen LogP contribution is -2.14. The van der Waals surface area contributed by atoms with Crippen LogP contribution in [0.3, 0.4) is 0 Å². The van der Waals surface area contributed by atoms with Gasteiger partial charge in [-0.1, -0.05) is 6.07 Å². The number of nitrogen functional groups attached to an aromatic ring is 1. The molecule has 1 rings (SSSR count). The first-order chi connectivity index (χ1) is 8.69. The Bertz CT molecular complexity index is 611. The molecule has 1 aromatic rings. The van der Waals surface area contributed by atoms with Crippen molar-refractivity contribution in [1.29, 1.82) is 0 Å². The van der Waals surface area contributed by atoms with Crippen LogP contribution in [0.15, 0.2) is 18.2 Å². The fraction of sp³-hybridized carbons (Fsp3) is 0.364. The Balaban J connectivity index is 2.72. The third-order valence-electron chi connectivity index (χ3n) is 2.43. The summed E-state index contributed by atoms with van der Waals surface area (Å²) in [5.41, 5.74) is 12.0. The topological polar surface area (TPSA) is 120 Å². The summed E-state index contributed by atoms with van der Waals surface area (Å²) in [6.07, 6.45) is 1.10. The molecular formula is C11H16N2O4S2. The summed E-state index contributed by atoms with van der Waals surface area (Å²) in [6.45, 7) is 0. The van der Waals surface area contributed by atoms with E-state index in [9.17, 15) is 17.4 Å². The van der Waals surface area contributed by atoms with E-state index in [1.807, 2.05) is 0 Å². The monoisotopic (exact) mass is 304 g/mol. The van der Waals surface area contributed by atoms with Crippen molar-refractivity contribution in [3.05, 3.63) is 29.3 Å². The molecule has 106 valence electrons. The molecule has 0 aliphatic rings. The van der Waals surface area contributed by atoms with Crippen LogP contribution in [0.5, 0.6) is 0 Å². The number of rotatable bonds is 6. The first kappa shape index (κ1) is 15.6. The Hall–Kier alpha value is -1.41. The van der Waals surface area contributed by atoms with Crippen molar-refractivity contribution < 1.29 is 17.4 Å². The summed E-state index contributed by atoms with van der Waals surface area (Å²) < 4.78 is 33.7. The standard InChI is InChI=1S/C11H16N2O4S2/c1-19(16,17)5-4-18(15)7-9-3-2-8(11(13)14)6-10(9)12/h2-3,6H,4-5,7,12H2,1H3,(H2,13,14). The summed E-state index contributed by atoms with van der Waals surface area (Å²) in [7, 11) is -4.45. The highest BCUT2D eigenvalue weighted by Gasteiger charge is 2.10. The third-order valence-corrected chi connectivity index (χ3v) is 4.93. The molecule has 1 unspecified atom stereocenters. The van der Waals surface area contributed by atoms with Crippen LogP contribution in [-0.2, 0) is 26.4 Å². The largest absolute Gasteiger partial charge is 0.398 e. The Morgan fingerprint density at radius 3 is 2.47 bits per heavy atom. The van der Waals surface area contributed by atoms with Crippen molar-refractivity contribution in [3.63, 3.8) is 0 Å². The Labute approximate surface area is 114 Å². The molecule has 0 heterocycles. The molecule has 1 atom stereocenters. The molecule has 0 aliphatic carbocycles. The molecule has 8 heteroatoms. The van der Waals surface area contributed by atoms with Gasteiger partial charge in [-0.2, -0.15) is 0 Å². The van der Waals surface area contributed by atoms with Crippen LogP contribution in [-0.4, -0.2) is 36.3 Å². The van der Waals surface area contributed by atoms with Crippen molar-refractivity contribution in [2.45, 2.75) is 5.75 Å². The number of hydrogen-bond acceptors (Lipinski definition) is 5. The van der Waals surface area contributed by atoms with Crippen molar-refractivity contribution in [1.82, 2.24) is 0 Å². The number of carbonyl (C=O) groups excluding carboxylic acids is 1. The van der Waals surface area contributed by atoms with Crippen LogP contribution in [0, 0.1) is 0 Å². The lowest BCUT2D eigenvalue weighted by Gasteiger charge is -2.07. The maximum absolute atomic E-state index is 11.7. The number of carbonyl (C=O) groups is 1. The van der Waals surface area contributed by atoms with E-state index in [2.05, 4.69) is 0 Å². The summed E-state index contributed by atoms with van der Waals surface area (Å²) in [5, 5.41) is 0. The quantitative estimate of drug-likeness (QED) is 0.697. The SMILES string of the molecule is CS(=O)(=O)CCS(=O)Cc1ccc(C(N)=O)cc1N. The second kappa shape index (κ2) is 6.16. The molecule has 0 saturated heterocycles. The molecule has 0 fully saturated rings. The molecule has 0 aromatic heterocycles. The van der Waals surface area contributed by atoms with E-state index >= 15 is 0 Å². The van der Waals surface area contributed by atoms with Gasteiger partial charge in [0.1, 0.15) is 9.84 Å². The number of amides is 1. The first-order valence-electron chi connectivity index (χ1n) is 5.40. The van der Waals surface area contributed by atoms with Gasteiger partial charge in [-0.15, -0.1) is 0 Å². The molecule has 0 aliphatic heterocycles. The maximum Gasteiger partial charge on any atom is 0.248 e. The lowest BCUT2D eigenvalue weighted by atomic mass is 10.1. The van der Waals surface area contributed by atoms with Gasteiger partial charge in [0, 0.05) is 34.1 Å². The summed E-state index contributed by atoms with van der Waals surface area (Å²) in [4.78, 5) is 10.9. The van der Waals surface area contributed by atoms with E-state index in [0.717, 1.165) is 6.26 Å². The van der Waals surface area contributed by atoms with E-state index in [1.54, 1.807) is 6.07 Å². The minimum atomic E-state index is -3.13. The van der Waals surface area contributed by atoms with E-state index in [1.165, 1.54) is 12.1 Å². The molecule has 1 aromatic carbocycles. The van der Waals surface area contributed by atoms with Crippen LogP contribution in [0.4, 0.5) is 5.69 Å². The van der Waals surface area contributed by atoms with Crippen molar-refractivity contribution in [2.75, 3.05) is 23.5 Å². The lowest BCUT2D eigenvalue weighted by molar-refractivity contribution is 0.100. The van der Waals surface area contributed by atoms with E-state index in [-0.39, 0.29) is 22.8 Å². The molecule has 19 heavy (non-hydrogen) atoms. The van der Waals surface area contributed by atoms with E-state index < -0.39 is 26.5 Å². The summed E-state index contributed by atoms with van der Waals surface area (Å²) >= 11 is 0. The number of anilines is 1. The van der Waals surface area contributed by atoms with Crippen LogP contribution >= 0.6 is 0 Å². The Morgan fingerprint density at radius 1 is 1.37 bits per heavy atom. The molecule has 4 N–H and O–H groups in total. The molecule has 1 amide bonds. The highest BCUT2D eigenvalue weighted by atomic mass is 32.2. The number of hydrogen-bond donors (Lipinski definition) is 2. The van der Waals surface area contributed by atoms with Crippen LogP contribution in [0.1, 0.15) is 15.9 Å². The number of nitrogens with two attached hydrogens (primary N) is 2. The molecule has 0 radical (unpaired) electrons. The fourth-order valence-corrected chi connectivity index (χ4v) is 4.08. The maximum atomic E-state index is 11.7. The van der Waals surface area contributed by atoms with Gasteiger partial charge in [-0.05, 0) is 17.7 Å².